The van der Waals surface area contributed by atoms with E-state index in [9.17, 15) is 18.6 Å². The molecule has 2 heterocycles. The number of amides is 1. The number of hydrogen-bond acceptors (Lipinski definition) is 8. The highest BCUT2D eigenvalue weighted by Crippen LogP contribution is 2.29. The number of nitrogen functional groups attached to an aromatic ring is 1. The van der Waals surface area contributed by atoms with Crippen LogP contribution in [0.1, 0.15) is 16.8 Å². The molecule has 1 aliphatic heterocycles. The summed E-state index contributed by atoms with van der Waals surface area (Å²) in [6, 6.07) is 5.52. The number of hydrogen-bond donors (Lipinski definition) is 3. The van der Waals surface area contributed by atoms with E-state index in [0.29, 0.717) is 12.2 Å². The van der Waals surface area contributed by atoms with E-state index in [0.717, 1.165) is 22.5 Å². The third-order valence-corrected chi connectivity index (χ3v) is 4.64. The minimum atomic E-state index is -2.75. The number of fused-ring (bicyclic) bond motifs is 1. The summed E-state index contributed by atoms with van der Waals surface area (Å²) in [6.45, 7) is 0.875. The molecule has 2 aromatic rings. The standard InChI is InChI=1S/C16H17BF2N4O4S/c1-8-3-2-4-9-5-11(17(25)27-14(8)9)22-15(24)13(23-26-6-12(18)19)10-7-28-16(20)21-10/h2-4,7,11-12,25H,5-6H2,1H3,(H2,20,21)(H,22,24)/b23-13-/t11-/m0/s1. The van der Waals surface area contributed by atoms with E-state index >= 15 is 0 Å². The van der Waals surface area contributed by atoms with E-state index in [1.54, 1.807) is 0 Å². The van der Waals surface area contributed by atoms with Crippen molar-refractivity contribution in [2.45, 2.75) is 25.7 Å². The van der Waals surface area contributed by atoms with Crippen molar-refractivity contribution in [3.8, 4) is 5.75 Å². The van der Waals surface area contributed by atoms with Gasteiger partial charge in [-0.3, -0.25) is 4.79 Å². The van der Waals surface area contributed by atoms with Gasteiger partial charge in [0, 0.05) is 5.38 Å². The first kappa shape index (κ1) is 20.0. The Hall–Kier alpha value is -2.73. The maximum Gasteiger partial charge on any atom is 0.547 e. The molecule has 1 atom stereocenters. The highest BCUT2D eigenvalue weighted by Gasteiger charge is 2.37. The fraction of sp³-hybridized carbons (Fsp3) is 0.312. The quantitative estimate of drug-likeness (QED) is 0.374. The second-order valence-corrected chi connectivity index (χ2v) is 6.94. The Labute approximate surface area is 163 Å². The SMILES string of the molecule is Cc1cccc2c1OB(O)[C@@H](NC(=O)/C(=N\OCC(F)F)c1csc(N)n1)C2. The number of thiazole rings is 1. The van der Waals surface area contributed by atoms with Gasteiger partial charge in [0.1, 0.15) is 11.4 Å². The van der Waals surface area contributed by atoms with Crippen molar-refractivity contribution in [3.05, 3.63) is 40.4 Å². The number of halogens is 2. The van der Waals surface area contributed by atoms with Gasteiger partial charge in [-0.05, 0) is 24.5 Å². The van der Waals surface area contributed by atoms with Crippen molar-refractivity contribution in [1.29, 1.82) is 0 Å². The molecule has 3 rings (SSSR count). The van der Waals surface area contributed by atoms with Gasteiger partial charge in [0.25, 0.3) is 12.3 Å². The number of nitrogens with two attached hydrogens (primary N) is 1. The number of nitrogens with zero attached hydrogens (tertiary/aromatic N) is 2. The second-order valence-electron chi connectivity index (χ2n) is 6.05. The van der Waals surface area contributed by atoms with Gasteiger partial charge in [-0.15, -0.1) is 11.3 Å². The zero-order chi connectivity index (χ0) is 20.3. The molecule has 28 heavy (non-hydrogen) atoms. The molecule has 148 valence electrons. The van der Waals surface area contributed by atoms with Crippen molar-refractivity contribution in [3.63, 3.8) is 0 Å². The molecule has 1 aromatic heterocycles. The predicted molar refractivity (Wildman–Crippen MR) is 100 cm³/mol. The van der Waals surface area contributed by atoms with Gasteiger partial charge in [-0.25, -0.2) is 13.8 Å². The first-order valence-corrected chi connectivity index (χ1v) is 9.16. The van der Waals surface area contributed by atoms with Gasteiger partial charge in [-0.2, -0.15) is 0 Å². The molecule has 0 saturated heterocycles. The minimum Gasteiger partial charge on any atom is -0.534 e. The molecular formula is C16H17BF2N4O4S. The lowest BCUT2D eigenvalue weighted by molar-refractivity contribution is -0.115. The zero-order valence-corrected chi connectivity index (χ0v) is 15.6. The molecule has 1 aliphatic rings. The summed E-state index contributed by atoms with van der Waals surface area (Å²) < 4.78 is 30.1. The average Bonchev–Trinajstić information content (AvgIpc) is 3.06. The number of para-hydroxylation sites is 1. The van der Waals surface area contributed by atoms with E-state index in [4.69, 9.17) is 10.4 Å². The smallest absolute Gasteiger partial charge is 0.534 e. The van der Waals surface area contributed by atoms with E-state index in [1.165, 1.54) is 5.38 Å². The summed E-state index contributed by atoms with van der Waals surface area (Å²) >= 11 is 1.06. The Kier molecular flexibility index (Phi) is 6.10. The monoisotopic (exact) mass is 410 g/mol. The van der Waals surface area contributed by atoms with Crippen molar-refractivity contribution >= 4 is 35.2 Å². The number of aryl methyl sites for hydroxylation is 1. The van der Waals surface area contributed by atoms with Crippen molar-refractivity contribution < 1.29 is 28.1 Å². The lowest BCUT2D eigenvalue weighted by Crippen LogP contribution is -2.54. The fourth-order valence-corrected chi connectivity index (χ4v) is 3.25. The third kappa shape index (κ3) is 4.57. The normalized spacial score (nSPS) is 16.5. The molecule has 1 amide bonds. The summed E-state index contributed by atoms with van der Waals surface area (Å²) in [5.74, 6) is -0.969. The van der Waals surface area contributed by atoms with Crippen LogP contribution >= 0.6 is 11.3 Å². The van der Waals surface area contributed by atoms with Crippen LogP contribution in [-0.2, 0) is 16.1 Å². The van der Waals surface area contributed by atoms with Crippen LogP contribution in [-0.4, -0.2) is 47.7 Å². The highest BCUT2D eigenvalue weighted by atomic mass is 32.1. The van der Waals surface area contributed by atoms with Gasteiger partial charge in [0.2, 0.25) is 0 Å². The van der Waals surface area contributed by atoms with E-state index in [1.807, 2.05) is 25.1 Å². The van der Waals surface area contributed by atoms with Crippen LogP contribution in [0.5, 0.6) is 5.75 Å². The first-order chi connectivity index (χ1) is 13.3. The number of carbonyl (C=O) groups is 1. The number of alkyl halides is 2. The molecule has 0 bridgehead atoms. The molecule has 1 aromatic carbocycles. The number of aromatic nitrogens is 1. The summed E-state index contributed by atoms with van der Waals surface area (Å²) in [6.07, 6.45) is -2.43. The van der Waals surface area contributed by atoms with Crippen LogP contribution in [0, 0.1) is 6.92 Å². The number of rotatable bonds is 6. The molecule has 0 radical (unpaired) electrons. The molecule has 0 fully saturated rings. The number of nitrogens with one attached hydrogen (secondary N) is 1. The zero-order valence-electron chi connectivity index (χ0n) is 14.8. The maximum absolute atomic E-state index is 12.7. The van der Waals surface area contributed by atoms with Crippen LogP contribution in [0.2, 0.25) is 0 Å². The second kappa shape index (κ2) is 8.53. The van der Waals surface area contributed by atoms with Crippen LogP contribution in [0.25, 0.3) is 0 Å². The minimum absolute atomic E-state index is 0.0803. The van der Waals surface area contributed by atoms with Crippen LogP contribution in [0.3, 0.4) is 0 Å². The summed E-state index contributed by atoms with van der Waals surface area (Å²) in [4.78, 5) is 21.1. The number of benzene rings is 1. The van der Waals surface area contributed by atoms with Crippen molar-refractivity contribution in [2.75, 3.05) is 12.3 Å². The molecule has 12 heteroatoms. The molecule has 0 saturated carbocycles. The average molecular weight is 410 g/mol. The van der Waals surface area contributed by atoms with Crippen molar-refractivity contribution in [1.82, 2.24) is 10.3 Å². The molecule has 0 unspecified atom stereocenters. The Morgan fingerprint density at radius 2 is 2.39 bits per heavy atom. The number of carbonyl (C=O) groups excluding carboxylic acids is 1. The Morgan fingerprint density at radius 1 is 1.61 bits per heavy atom. The van der Waals surface area contributed by atoms with Gasteiger partial charge < -0.3 is 25.6 Å². The number of oxime groups is 1. The Bertz CT molecular complexity index is 895. The van der Waals surface area contributed by atoms with Gasteiger partial charge in [0.15, 0.2) is 17.5 Å². The first-order valence-electron chi connectivity index (χ1n) is 8.28. The highest BCUT2D eigenvalue weighted by molar-refractivity contribution is 7.13. The molecule has 0 spiro atoms. The molecule has 4 N–H and O–H groups in total. The third-order valence-electron chi connectivity index (χ3n) is 3.97. The van der Waals surface area contributed by atoms with Gasteiger partial charge >= 0.3 is 7.12 Å². The van der Waals surface area contributed by atoms with Crippen LogP contribution < -0.4 is 15.7 Å². The summed E-state index contributed by atoms with van der Waals surface area (Å²) in [5, 5.41) is 18.0. The largest absolute Gasteiger partial charge is 0.547 e. The van der Waals surface area contributed by atoms with E-state index < -0.39 is 32.0 Å². The lowest BCUT2D eigenvalue weighted by Gasteiger charge is -2.29. The lowest BCUT2D eigenvalue weighted by atomic mass is 9.72. The Balaban J connectivity index is 1.78. The van der Waals surface area contributed by atoms with Crippen molar-refractivity contribution in [2.24, 2.45) is 5.16 Å². The summed E-state index contributed by atoms with van der Waals surface area (Å²) in [5.41, 5.74) is 7.01. The number of anilines is 1. The van der Waals surface area contributed by atoms with Gasteiger partial charge in [-0.1, -0.05) is 23.4 Å². The molecule has 0 aliphatic carbocycles. The van der Waals surface area contributed by atoms with Crippen LogP contribution in [0.4, 0.5) is 13.9 Å². The maximum atomic E-state index is 12.7. The molecular weight excluding hydrogens is 393 g/mol. The fourth-order valence-electron chi connectivity index (χ4n) is 2.70. The summed E-state index contributed by atoms with van der Waals surface area (Å²) in [7, 11) is -1.29. The van der Waals surface area contributed by atoms with Crippen LogP contribution in [0.15, 0.2) is 28.7 Å². The van der Waals surface area contributed by atoms with E-state index in [2.05, 4.69) is 20.3 Å². The van der Waals surface area contributed by atoms with E-state index in [-0.39, 0.29) is 16.5 Å². The molecule has 8 nitrogen and oxygen atoms in total. The van der Waals surface area contributed by atoms with Gasteiger partial charge in [0.05, 0.1) is 5.94 Å². The predicted octanol–water partition coefficient (Wildman–Crippen LogP) is 1.16. The Morgan fingerprint density at radius 3 is 3.07 bits per heavy atom. The topological polar surface area (TPSA) is 119 Å².